The second-order valence-corrected chi connectivity index (χ2v) is 5.53. The molecule has 24 heavy (non-hydrogen) atoms. The van der Waals surface area contributed by atoms with Crippen molar-refractivity contribution in [1.29, 1.82) is 0 Å². The van der Waals surface area contributed by atoms with Gasteiger partial charge in [0.25, 0.3) is 0 Å². The van der Waals surface area contributed by atoms with E-state index in [1.165, 1.54) is 12.1 Å². The van der Waals surface area contributed by atoms with Crippen LogP contribution in [0.25, 0.3) is 11.0 Å². The van der Waals surface area contributed by atoms with E-state index in [9.17, 15) is 9.59 Å². The van der Waals surface area contributed by atoms with E-state index in [0.29, 0.717) is 16.4 Å². The first-order chi connectivity index (χ1) is 11.5. The van der Waals surface area contributed by atoms with Crippen LogP contribution >= 0.6 is 11.6 Å². The standard InChI is InChI=1S/C18H13ClO5/c1-11(22-14-7-4-13(19)5-8-14)18(21)23-15-6-2-12-3-9-17(20)24-16(12)10-15/h2-11H,1H3/t11-/m1/s1. The summed E-state index contributed by atoms with van der Waals surface area (Å²) in [6, 6.07) is 14.4. The summed E-state index contributed by atoms with van der Waals surface area (Å²) in [7, 11) is 0. The third-order valence-corrected chi connectivity index (χ3v) is 3.52. The van der Waals surface area contributed by atoms with Crippen molar-refractivity contribution in [3.63, 3.8) is 0 Å². The van der Waals surface area contributed by atoms with Crippen LogP contribution in [-0.2, 0) is 4.79 Å². The number of carbonyl (C=O) groups is 1. The minimum Gasteiger partial charge on any atom is -0.479 e. The summed E-state index contributed by atoms with van der Waals surface area (Å²) < 4.78 is 15.8. The lowest BCUT2D eigenvalue weighted by Gasteiger charge is -2.14. The van der Waals surface area contributed by atoms with E-state index in [4.69, 9.17) is 25.5 Å². The van der Waals surface area contributed by atoms with Crippen LogP contribution in [0.5, 0.6) is 11.5 Å². The van der Waals surface area contributed by atoms with Crippen molar-refractivity contribution < 1.29 is 18.7 Å². The lowest BCUT2D eigenvalue weighted by atomic mass is 10.2. The van der Waals surface area contributed by atoms with E-state index < -0.39 is 17.7 Å². The molecule has 0 saturated heterocycles. The summed E-state index contributed by atoms with van der Waals surface area (Å²) in [6.07, 6.45) is -0.815. The molecule has 3 rings (SSSR count). The summed E-state index contributed by atoms with van der Waals surface area (Å²) in [6.45, 7) is 1.58. The van der Waals surface area contributed by atoms with Crippen molar-refractivity contribution in [2.45, 2.75) is 13.0 Å². The lowest BCUT2D eigenvalue weighted by Crippen LogP contribution is -2.28. The monoisotopic (exact) mass is 344 g/mol. The van der Waals surface area contributed by atoms with Crippen molar-refractivity contribution in [3.05, 3.63) is 70.0 Å². The minimum atomic E-state index is -0.815. The first kappa shape index (κ1) is 16.1. The molecule has 0 spiro atoms. The minimum absolute atomic E-state index is 0.272. The number of carbonyl (C=O) groups excluding carboxylic acids is 1. The van der Waals surface area contributed by atoms with Crippen LogP contribution in [0, 0.1) is 0 Å². The summed E-state index contributed by atoms with van der Waals surface area (Å²) >= 11 is 5.80. The zero-order chi connectivity index (χ0) is 17.1. The van der Waals surface area contributed by atoms with Crippen LogP contribution in [0.3, 0.4) is 0 Å². The molecule has 5 nitrogen and oxygen atoms in total. The molecule has 1 heterocycles. The van der Waals surface area contributed by atoms with E-state index in [0.717, 1.165) is 5.39 Å². The molecule has 0 saturated carbocycles. The van der Waals surface area contributed by atoms with Crippen molar-refractivity contribution in [3.8, 4) is 11.5 Å². The maximum Gasteiger partial charge on any atom is 0.352 e. The highest BCUT2D eigenvalue weighted by Crippen LogP contribution is 2.21. The second kappa shape index (κ2) is 6.76. The third-order valence-electron chi connectivity index (χ3n) is 3.27. The van der Waals surface area contributed by atoms with Gasteiger partial charge in [-0.25, -0.2) is 9.59 Å². The molecule has 122 valence electrons. The highest BCUT2D eigenvalue weighted by atomic mass is 35.5. The molecule has 1 aromatic heterocycles. The number of esters is 1. The Morgan fingerprint density at radius 2 is 1.71 bits per heavy atom. The van der Waals surface area contributed by atoms with Gasteiger partial charge in [0.05, 0.1) is 0 Å². The molecule has 3 aromatic rings. The highest BCUT2D eigenvalue weighted by Gasteiger charge is 2.17. The van der Waals surface area contributed by atoms with Crippen LogP contribution in [-0.4, -0.2) is 12.1 Å². The Hall–Kier alpha value is -2.79. The van der Waals surface area contributed by atoms with Gasteiger partial charge in [-0.1, -0.05) is 11.6 Å². The van der Waals surface area contributed by atoms with E-state index in [1.807, 2.05) is 0 Å². The topological polar surface area (TPSA) is 65.7 Å². The Morgan fingerprint density at radius 3 is 2.46 bits per heavy atom. The first-order valence-electron chi connectivity index (χ1n) is 7.19. The maximum absolute atomic E-state index is 12.1. The molecular formula is C18H13ClO5. The van der Waals surface area contributed by atoms with Gasteiger partial charge in [0, 0.05) is 22.5 Å². The van der Waals surface area contributed by atoms with Gasteiger partial charge in [0.1, 0.15) is 17.1 Å². The number of hydrogen-bond donors (Lipinski definition) is 0. The smallest absolute Gasteiger partial charge is 0.352 e. The molecular weight excluding hydrogens is 332 g/mol. The summed E-state index contributed by atoms with van der Waals surface area (Å²) in [5.41, 5.74) is -0.121. The van der Waals surface area contributed by atoms with Gasteiger partial charge in [0.2, 0.25) is 0 Å². The zero-order valence-corrected chi connectivity index (χ0v) is 13.4. The van der Waals surface area contributed by atoms with Crippen molar-refractivity contribution in [2.24, 2.45) is 0 Å². The molecule has 0 aliphatic carbocycles. The van der Waals surface area contributed by atoms with Crippen molar-refractivity contribution in [1.82, 2.24) is 0 Å². The Labute approximate surface area is 142 Å². The normalized spacial score (nSPS) is 11.9. The maximum atomic E-state index is 12.1. The predicted octanol–water partition coefficient (Wildman–Crippen LogP) is 3.82. The average Bonchev–Trinajstić information content (AvgIpc) is 2.56. The Kier molecular flexibility index (Phi) is 4.53. The van der Waals surface area contributed by atoms with Crippen molar-refractivity contribution >= 4 is 28.5 Å². The Balaban J connectivity index is 1.71. The summed E-state index contributed by atoms with van der Waals surface area (Å²) in [4.78, 5) is 23.4. The first-order valence-corrected chi connectivity index (χ1v) is 7.57. The number of benzene rings is 2. The molecule has 0 amide bonds. The largest absolute Gasteiger partial charge is 0.479 e. The molecule has 2 aromatic carbocycles. The van der Waals surface area contributed by atoms with Gasteiger partial charge >= 0.3 is 11.6 Å². The number of halogens is 1. The van der Waals surface area contributed by atoms with Gasteiger partial charge < -0.3 is 13.9 Å². The zero-order valence-electron chi connectivity index (χ0n) is 12.7. The summed E-state index contributed by atoms with van der Waals surface area (Å²) in [5, 5.41) is 1.31. The van der Waals surface area contributed by atoms with E-state index >= 15 is 0 Å². The van der Waals surface area contributed by atoms with Gasteiger partial charge in [0.15, 0.2) is 6.10 Å². The van der Waals surface area contributed by atoms with Crippen LogP contribution in [0.2, 0.25) is 5.02 Å². The van der Waals surface area contributed by atoms with E-state index in [1.54, 1.807) is 49.4 Å². The Morgan fingerprint density at radius 1 is 1.04 bits per heavy atom. The van der Waals surface area contributed by atoms with Gasteiger partial charge in [-0.2, -0.15) is 0 Å². The average molecular weight is 345 g/mol. The number of rotatable bonds is 4. The molecule has 0 unspecified atom stereocenters. The molecule has 6 heteroatoms. The fraction of sp³-hybridized carbons (Fsp3) is 0.111. The van der Waals surface area contributed by atoms with Crippen LogP contribution in [0.15, 0.2) is 63.8 Å². The number of fused-ring (bicyclic) bond motifs is 1. The van der Waals surface area contributed by atoms with Gasteiger partial charge in [-0.3, -0.25) is 0 Å². The second-order valence-electron chi connectivity index (χ2n) is 5.09. The molecule has 1 atom stereocenters. The molecule has 0 fully saturated rings. The lowest BCUT2D eigenvalue weighted by molar-refractivity contribution is -0.141. The third kappa shape index (κ3) is 3.75. The van der Waals surface area contributed by atoms with Gasteiger partial charge in [-0.15, -0.1) is 0 Å². The number of ether oxygens (including phenoxy) is 2. The van der Waals surface area contributed by atoms with Crippen LogP contribution in [0.4, 0.5) is 0 Å². The van der Waals surface area contributed by atoms with Crippen molar-refractivity contribution in [2.75, 3.05) is 0 Å². The van der Waals surface area contributed by atoms with E-state index in [-0.39, 0.29) is 5.75 Å². The molecule has 0 N–H and O–H groups in total. The van der Waals surface area contributed by atoms with Gasteiger partial charge in [-0.05, 0) is 49.4 Å². The Bertz CT molecular complexity index is 930. The van der Waals surface area contributed by atoms with Crippen LogP contribution < -0.4 is 15.1 Å². The summed E-state index contributed by atoms with van der Waals surface area (Å²) in [5.74, 6) is 0.212. The SMILES string of the molecule is C[C@@H](Oc1ccc(Cl)cc1)C(=O)Oc1ccc2ccc(=O)oc2c1. The quantitative estimate of drug-likeness (QED) is 0.409. The van der Waals surface area contributed by atoms with Crippen LogP contribution in [0.1, 0.15) is 6.92 Å². The molecule has 0 bridgehead atoms. The molecule has 0 radical (unpaired) electrons. The highest BCUT2D eigenvalue weighted by molar-refractivity contribution is 6.30. The molecule has 0 aliphatic heterocycles. The van der Waals surface area contributed by atoms with E-state index in [2.05, 4.69) is 0 Å². The number of hydrogen-bond acceptors (Lipinski definition) is 5. The fourth-order valence-corrected chi connectivity index (χ4v) is 2.19. The fourth-order valence-electron chi connectivity index (χ4n) is 2.07. The predicted molar refractivity (Wildman–Crippen MR) is 89.7 cm³/mol. The molecule has 0 aliphatic rings.